The van der Waals surface area contributed by atoms with Gasteiger partial charge in [0.05, 0.1) is 10.5 Å². The molecule has 1 atom stereocenters. The van der Waals surface area contributed by atoms with Gasteiger partial charge in [-0.05, 0) is 60.9 Å². The van der Waals surface area contributed by atoms with Crippen LogP contribution in [0.25, 0.3) is 11.0 Å². The standard InChI is InChI=1S/C14H18BrNO/c1-5-16-10(4)13-9(3)11-6-8(2)7-12(15)14(11)17-13/h6-7,10,16H,5H2,1-4H3. The van der Waals surface area contributed by atoms with Crippen LogP contribution in [0.4, 0.5) is 0 Å². The molecule has 2 nitrogen and oxygen atoms in total. The fourth-order valence-electron chi connectivity index (χ4n) is 2.24. The highest BCUT2D eigenvalue weighted by Crippen LogP contribution is 2.34. The van der Waals surface area contributed by atoms with Crippen molar-refractivity contribution in [1.29, 1.82) is 0 Å². The van der Waals surface area contributed by atoms with E-state index in [9.17, 15) is 0 Å². The van der Waals surface area contributed by atoms with Gasteiger partial charge in [0, 0.05) is 10.9 Å². The Morgan fingerprint density at radius 3 is 2.71 bits per heavy atom. The Bertz CT molecular complexity index is 545. The molecular formula is C14H18BrNO. The minimum Gasteiger partial charge on any atom is -0.458 e. The molecule has 1 N–H and O–H groups in total. The summed E-state index contributed by atoms with van der Waals surface area (Å²) in [6.07, 6.45) is 0. The third kappa shape index (κ3) is 2.26. The largest absolute Gasteiger partial charge is 0.458 e. The predicted molar refractivity (Wildman–Crippen MR) is 75.5 cm³/mol. The zero-order valence-electron chi connectivity index (χ0n) is 10.7. The van der Waals surface area contributed by atoms with Crippen molar-refractivity contribution in [3.05, 3.63) is 33.5 Å². The van der Waals surface area contributed by atoms with E-state index in [1.807, 2.05) is 0 Å². The topological polar surface area (TPSA) is 25.2 Å². The first-order chi connectivity index (χ1) is 8.04. The highest BCUT2D eigenvalue weighted by atomic mass is 79.9. The highest BCUT2D eigenvalue weighted by Gasteiger charge is 2.17. The van der Waals surface area contributed by atoms with Gasteiger partial charge in [-0.3, -0.25) is 0 Å². The van der Waals surface area contributed by atoms with Gasteiger partial charge in [0.15, 0.2) is 0 Å². The van der Waals surface area contributed by atoms with E-state index in [-0.39, 0.29) is 6.04 Å². The maximum atomic E-state index is 5.99. The smallest absolute Gasteiger partial charge is 0.148 e. The summed E-state index contributed by atoms with van der Waals surface area (Å²) in [5.74, 6) is 1.04. The third-order valence-corrected chi connectivity index (χ3v) is 3.67. The number of rotatable bonds is 3. The van der Waals surface area contributed by atoms with Gasteiger partial charge in [-0.2, -0.15) is 0 Å². The quantitative estimate of drug-likeness (QED) is 0.903. The monoisotopic (exact) mass is 295 g/mol. The zero-order chi connectivity index (χ0) is 12.6. The number of aryl methyl sites for hydroxylation is 2. The van der Waals surface area contributed by atoms with Crippen LogP contribution in [0.15, 0.2) is 21.0 Å². The lowest BCUT2D eigenvalue weighted by atomic mass is 10.1. The molecule has 0 fully saturated rings. The van der Waals surface area contributed by atoms with Crippen molar-refractivity contribution < 1.29 is 4.42 Å². The maximum absolute atomic E-state index is 5.99. The summed E-state index contributed by atoms with van der Waals surface area (Å²) in [6, 6.07) is 4.52. The van der Waals surface area contributed by atoms with E-state index in [1.165, 1.54) is 16.5 Å². The lowest BCUT2D eigenvalue weighted by molar-refractivity contribution is 0.455. The van der Waals surface area contributed by atoms with Crippen molar-refractivity contribution in [2.75, 3.05) is 6.54 Å². The van der Waals surface area contributed by atoms with Gasteiger partial charge in [-0.25, -0.2) is 0 Å². The van der Waals surface area contributed by atoms with E-state index in [2.05, 4.69) is 61.1 Å². The summed E-state index contributed by atoms with van der Waals surface area (Å²) in [5.41, 5.74) is 3.43. The highest BCUT2D eigenvalue weighted by molar-refractivity contribution is 9.10. The number of benzene rings is 1. The van der Waals surface area contributed by atoms with Crippen LogP contribution in [0.5, 0.6) is 0 Å². The van der Waals surface area contributed by atoms with Crippen molar-refractivity contribution in [2.24, 2.45) is 0 Å². The Morgan fingerprint density at radius 1 is 1.35 bits per heavy atom. The van der Waals surface area contributed by atoms with Gasteiger partial charge in [-0.1, -0.05) is 6.92 Å². The van der Waals surface area contributed by atoms with Crippen molar-refractivity contribution >= 4 is 26.9 Å². The normalized spacial score (nSPS) is 13.2. The number of fused-ring (bicyclic) bond motifs is 1. The Balaban J connectivity index is 2.60. The van der Waals surface area contributed by atoms with Gasteiger partial charge in [0.1, 0.15) is 11.3 Å². The summed E-state index contributed by atoms with van der Waals surface area (Å²) in [4.78, 5) is 0. The van der Waals surface area contributed by atoms with E-state index in [0.29, 0.717) is 0 Å². The van der Waals surface area contributed by atoms with E-state index in [4.69, 9.17) is 4.42 Å². The van der Waals surface area contributed by atoms with E-state index in [0.717, 1.165) is 22.4 Å². The Morgan fingerprint density at radius 2 is 2.06 bits per heavy atom. The fraction of sp³-hybridized carbons (Fsp3) is 0.429. The van der Waals surface area contributed by atoms with Crippen LogP contribution in [-0.4, -0.2) is 6.54 Å². The molecule has 1 aromatic carbocycles. The van der Waals surface area contributed by atoms with Crippen LogP contribution in [0.1, 0.15) is 36.8 Å². The maximum Gasteiger partial charge on any atom is 0.148 e. The van der Waals surface area contributed by atoms with Gasteiger partial charge in [0.2, 0.25) is 0 Å². The van der Waals surface area contributed by atoms with Crippen molar-refractivity contribution in [3.63, 3.8) is 0 Å². The lowest BCUT2D eigenvalue weighted by Crippen LogP contribution is -2.17. The van der Waals surface area contributed by atoms with E-state index >= 15 is 0 Å². The fourth-order valence-corrected chi connectivity index (χ4v) is 2.90. The number of furan rings is 1. The van der Waals surface area contributed by atoms with Crippen LogP contribution in [0.3, 0.4) is 0 Å². The predicted octanol–water partition coefficient (Wildman–Crippen LogP) is 4.48. The second-order valence-electron chi connectivity index (χ2n) is 4.49. The molecule has 1 unspecified atom stereocenters. The summed E-state index contributed by atoms with van der Waals surface area (Å²) >= 11 is 3.57. The van der Waals surface area contributed by atoms with Gasteiger partial charge in [0.25, 0.3) is 0 Å². The zero-order valence-corrected chi connectivity index (χ0v) is 12.3. The van der Waals surface area contributed by atoms with Crippen LogP contribution in [-0.2, 0) is 0 Å². The second kappa shape index (κ2) is 4.83. The van der Waals surface area contributed by atoms with Crippen LogP contribution < -0.4 is 5.32 Å². The molecule has 0 aliphatic heterocycles. The molecule has 0 radical (unpaired) electrons. The average molecular weight is 296 g/mol. The van der Waals surface area contributed by atoms with E-state index in [1.54, 1.807) is 0 Å². The minimum absolute atomic E-state index is 0.250. The SMILES string of the molecule is CCNC(C)c1oc2c(Br)cc(C)cc2c1C. The molecule has 1 aromatic heterocycles. The van der Waals surface area contributed by atoms with E-state index < -0.39 is 0 Å². The van der Waals surface area contributed by atoms with Crippen molar-refractivity contribution in [3.8, 4) is 0 Å². The first-order valence-electron chi connectivity index (χ1n) is 5.97. The van der Waals surface area contributed by atoms with Crippen LogP contribution in [0, 0.1) is 13.8 Å². The molecular weight excluding hydrogens is 278 g/mol. The molecule has 0 aliphatic carbocycles. The minimum atomic E-state index is 0.250. The summed E-state index contributed by atoms with van der Waals surface area (Å²) in [6.45, 7) is 9.41. The molecule has 0 amide bonds. The van der Waals surface area contributed by atoms with Crippen molar-refractivity contribution in [1.82, 2.24) is 5.32 Å². The molecule has 92 valence electrons. The van der Waals surface area contributed by atoms with Crippen LogP contribution in [0.2, 0.25) is 0 Å². The number of halogens is 1. The molecule has 3 heteroatoms. The molecule has 1 heterocycles. The number of hydrogen-bond donors (Lipinski definition) is 1. The molecule has 0 aliphatic rings. The molecule has 0 spiro atoms. The molecule has 0 saturated carbocycles. The summed E-state index contributed by atoms with van der Waals surface area (Å²) in [5, 5.41) is 4.59. The molecule has 0 bridgehead atoms. The molecule has 17 heavy (non-hydrogen) atoms. The van der Waals surface area contributed by atoms with Crippen LogP contribution >= 0.6 is 15.9 Å². The molecule has 0 saturated heterocycles. The number of hydrogen-bond acceptors (Lipinski definition) is 2. The Labute approximate surface area is 111 Å². The van der Waals surface area contributed by atoms with Crippen molar-refractivity contribution in [2.45, 2.75) is 33.7 Å². The molecule has 2 rings (SSSR count). The average Bonchev–Trinajstić information content (AvgIpc) is 2.57. The van der Waals surface area contributed by atoms with Gasteiger partial charge < -0.3 is 9.73 Å². The first kappa shape index (κ1) is 12.7. The third-order valence-electron chi connectivity index (χ3n) is 3.08. The first-order valence-corrected chi connectivity index (χ1v) is 6.76. The molecule has 2 aromatic rings. The lowest BCUT2D eigenvalue weighted by Gasteiger charge is -2.09. The Kier molecular flexibility index (Phi) is 3.59. The summed E-state index contributed by atoms with van der Waals surface area (Å²) < 4.78 is 7.02. The summed E-state index contributed by atoms with van der Waals surface area (Å²) in [7, 11) is 0. The number of nitrogens with one attached hydrogen (secondary N) is 1. The Hall–Kier alpha value is -0.800. The second-order valence-corrected chi connectivity index (χ2v) is 5.35. The van der Waals surface area contributed by atoms with Gasteiger partial charge in [-0.15, -0.1) is 0 Å². The van der Waals surface area contributed by atoms with Gasteiger partial charge >= 0.3 is 0 Å².